The molecule has 1 saturated heterocycles. The molecule has 0 saturated carbocycles. The molecule has 6 heavy (non-hydrogen) atoms. The summed E-state index contributed by atoms with van der Waals surface area (Å²) in [6, 6.07) is 0. The van der Waals surface area contributed by atoms with E-state index in [1.807, 2.05) is 6.20 Å². The second-order valence-electron chi connectivity index (χ2n) is 1.66. The molecule has 0 aromatic rings. The van der Waals surface area contributed by atoms with Crippen molar-refractivity contribution in [2.45, 2.75) is 0 Å². The minimum absolute atomic E-state index is 1.26. The Morgan fingerprint density at radius 1 is 1.67 bits per heavy atom. The summed E-state index contributed by atoms with van der Waals surface area (Å²) in [4.78, 5) is 2.28. The number of hydrogen-bond donors (Lipinski definition) is 1. The Labute approximate surface area is 36.4 Å². The molecule has 32 valence electrons. The zero-order chi connectivity index (χ0) is 3.98. The largest absolute Gasteiger partial charge is 0.353 e. The maximum absolute atomic E-state index is 3.01. The summed E-state index contributed by atoms with van der Waals surface area (Å²) in [7, 11) is 0. The quantitative estimate of drug-likeness (QED) is 0.439. The van der Waals surface area contributed by atoms with Gasteiger partial charge in [0, 0.05) is 19.3 Å². The SMILES string of the molecule is C1=C(N2CC2)N1. The maximum atomic E-state index is 3.01. The highest BCUT2D eigenvalue weighted by Gasteiger charge is 2.24. The fourth-order valence-electron chi connectivity index (χ4n) is 0.506. The van der Waals surface area contributed by atoms with Crippen molar-refractivity contribution in [3.05, 3.63) is 12.0 Å². The molecule has 0 amide bonds. The first-order chi connectivity index (χ1) is 2.97. The molecule has 2 rings (SSSR count). The van der Waals surface area contributed by atoms with Crippen molar-refractivity contribution in [3.8, 4) is 0 Å². The molecule has 2 heteroatoms. The Balaban J connectivity index is 2.07. The Bertz CT molecular complexity index is 102. The third-order valence-corrected chi connectivity index (χ3v) is 1.06. The van der Waals surface area contributed by atoms with Gasteiger partial charge in [0.25, 0.3) is 0 Å². The van der Waals surface area contributed by atoms with Crippen LogP contribution in [0, 0.1) is 0 Å². The van der Waals surface area contributed by atoms with Crippen molar-refractivity contribution in [1.82, 2.24) is 10.2 Å². The maximum Gasteiger partial charge on any atom is 0.122 e. The van der Waals surface area contributed by atoms with Gasteiger partial charge in [-0.15, -0.1) is 0 Å². The highest BCUT2D eigenvalue weighted by Crippen LogP contribution is 2.16. The van der Waals surface area contributed by atoms with Crippen molar-refractivity contribution in [2.75, 3.05) is 13.1 Å². The molecule has 2 aliphatic rings. The summed E-state index contributed by atoms with van der Waals surface area (Å²) in [6.07, 6.45) is 2.02. The third-order valence-electron chi connectivity index (χ3n) is 1.06. The van der Waals surface area contributed by atoms with Crippen molar-refractivity contribution >= 4 is 0 Å². The molecular weight excluding hydrogens is 76.1 g/mol. The van der Waals surface area contributed by atoms with Gasteiger partial charge in [0.2, 0.25) is 0 Å². The lowest BCUT2D eigenvalue weighted by Crippen LogP contribution is -1.90. The number of nitrogens with one attached hydrogen (secondary N) is 1. The van der Waals surface area contributed by atoms with Crippen molar-refractivity contribution in [1.29, 1.82) is 0 Å². The van der Waals surface area contributed by atoms with Crippen LogP contribution in [-0.2, 0) is 0 Å². The molecule has 0 unspecified atom stereocenters. The van der Waals surface area contributed by atoms with E-state index in [4.69, 9.17) is 0 Å². The summed E-state index contributed by atoms with van der Waals surface area (Å²) < 4.78 is 0. The first kappa shape index (κ1) is 2.50. The van der Waals surface area contributed by atoms with E-state index in [9.17, 15) is 0 Å². The van der Waals surface area contributed by atoms with E-state index in [1.165, 1.54) is 18.9 Å². The topological polar surface area (TPSA) is 25.0 Å². The number of nitrogens with zero attached hydrogens (tertiary/aromatic N) is 1. The van der Waals surface area contributed by atoms with Crippen LogP contribution in [0.3, 0.4) is 0 Å². The monoisotopic (exact) mass is 82.1 g/mol. The van der Waals surface area contributed by atoms with Crippen LogP contribution in [0.15, 0.2) is 12.0 Å². The zero-order valence-electron chi connectivity index (χ0n) is 3.44. The van der Waals surface area contributed by atoms with E-state index in [0.717, 1.165) is 0 Å². The normalized spacial score (nSPS) is 25.3. The summed E-state index contributed by atoms with van der Waals surface area (Å²) in [5, 5.41) is 3.01. The molecule has 0 radical (unpaired) electrons. The van der Waals surface area contributed by atoms with Crippen molar-refractivity contribution in [3.63, 3.8) is 0 Å². The van der Waals surface area contributed by atoms with Crippen molar-refractivity contribution in [2.24, 2.45) is 0 Å². The van der Waals surface area contributed by atoms with E-state index in [-0.39, 0.29) is 0 Å². The smallest absolute Gasteiger partial charge is 0.122 e. The Morgan fingerprint density at radius 2 is 2.33 bits per heavy atom. The average molecular weight is 82.1 g/mol. The van der Waals surface area contributed by atoms with Crippen LogP contribution >= 0.6 is 0 Å². The Kier molecular flexibility index (Phi) is 0.231. The fourth-order valence-corrected chi connectivity index (χ4v) is 0.506. The first-order valence-electron chi connectivity index (χ1n) is 2.18. The zero-order valence-corrected chi connectivity index (χ0v) is 3.44. The van der Waals surface area contributed by atoms with Crippen molar-refractivity contribution < 1.29 is 0 Å². The molecule has 0 bridgehead atoms. The lowest BCUT2D eigenvalue weighted by Gasteiger charge is -1.83. The Morgan fingerprint density at radius 3 is 2.50 bits per heavy atom. The van der Waals surface area contributed by atoms with Gasteiger partial charge >= 0.3 is 0 Å². The fraction of sp³-hybridized carbons (Fsp3) is 0.500. The van der Waals surface area contributed by atoms with Gasteiger partial charge in [-0.1, -0.05) is 0 Å². The molecule has 0 atom stereocenters. The predicted octanol–water partition coefficient (Wildman–Crippen LogP) is -0.296. The summed E-state index contributed by atoms with van der Waals surface area (Å²) in [5.74, 6) is 1.33. The van der Waals surface area contributed by atoms with E-state index in [0.29, 0.717) is 0 Å². The number of rotatable bonds is 1. The lowest BCUT2D eigenvalue weighted by molar-refractivity contribution is 0.710. The summed E-state index contributed by atoms with van der Waals surface area (Å²) in [5.41, 5.74) is 0. The van der Waals surface area contributed by atoms with Crippen LogP contribution in [0.1, 0.15) is 0 Å². The highest BCUT2D eigenvalue weighted by atomic mass is 15.4. The first-order valence-corrected chi connectivity index (χ1v) is 2.18. The van der Waals surface area contributed by atoms with Gasteiger partial charge < -0.3 is 10.2 Å². The van der Waals surface area contributed by atoms with Gasteiger partial charge in [0.15, 0.2) is 0 Å². The van der Waals surface area contributed by atoms with Crippen LogP contribution in [0.5, 0.6) is 0 Å². The van der Waals surface area contributed by atoms with Crippen LogP contribution in [-0.4, -0.2) is 18.0 Å². The second-order valence-corrected chi connectivity index (χ2v) is 1.66. The average Bonchev–Trinajstić information content (AvgIpc) is 2.26. The third kappa shape index (κ3) is 0.210. The van der Waals surface area contributed by atoms with E-state index in [1.54, 1.807) is 0 Å². The molecule has 1 N–H and O–H groups in total. The van der Waals surface area contributed by atoms with Gasteiger partial charge in [-0.25, -0.2) is 0 Å². The molecule has 0 aromatic carbocycles. The molecule has 0 aromatic heterocycles. The Hall–Kier alpha value is -0.660. The number of hydrogen-bond acceptors (Lipinski definition) is 2. The van der Waals surface area contributed by atoms with Gasteiger partial charge in [0.05, 0.1) is 0 Å². The van der Waals surface area contributed by atoms with E-state index < -0.39 is 0 Å². The predicted molar refractivity (Wildman–Crippen MR) is 22.8 cm³/mol. The standard InChI is InChI=1S/C4H6N2/c1-2-6(1)4-3-5-4/h3,5H,1-2H2. The molecule has 2 heterocycles. The molecule has 1 fully saturated rings. The molecule has 2 aliphatic heterocycles. The second kappa shape index (κ2) is 0.555. The van der Waals surface area contributed by atoms with Crippen LogP contribution in [0.25, 0.3) is 0 Å². The van der Waals surface area contributed by atoms with E-state index in [2.05, 4.69) is 10.2 Å². The molecule has 2 nitrogen and oxygen atoms in total. The molecule has 0 spiro atoms. The molecular formula is C4H6N2. The van der Waals surface area contributed by atoms with Crippen LogP contribution in [0.4, 0.5) is 0 Å². The highest BCUT2D eigenvalue weighted by molar-refractivity contribution is 5.18. The molecule has 0 aliphatic carbocycles. The van der Waals surface area contributed by atoms with Crippen LogP contribution < -0.4 is 5.32 Å². The minimum atomic E-state index is 1.26. The van der Waals surface area contributed by atoms with Gasteiger partial charge in [-0.3, -0.25) is 0 Å². The minimum Gasteiger partial charge on any atom is -0.353 e. The van der Waals surface area contributed by atoms with Gasteiger partial charge in [-0.05, 0) is 0 Å². The van der Waals surface area contributed by atoms with Crippen LogP contribution in [0.2, 0.25) is 0 Å². The van der Waals surface area contributed by atoms with E-state index >= 15 is 0 Å². The summed E-state index contributed by atoms with van der Waals surface area (Å²) in [6.45, 7) is 2.53. The van der Waals surface area contributed by atoms with Gasteiger partial charge in [-0.2, -0.15) is 0 Å². The lowest BCUT2D eigenvalue weighted by atomic mass is 11.0. The summed E-state index contributed by atoms with van der Waals surface area (Å²) >= 11 is 0. The van der Waals surface area contributed by atoms with Gasteiger partial charge in [0.1, 0.15) is 5.82 Å².